The molecular weight excluding hydrogens is 346 g/mol. The molecular formula is C19H15N5OS. The van der Waals surface area contributed by atoms with Crippen molar-refractivity contribution in [2.24, 2.45) is 7.05 Å². The molecule has 6 nitrogen and oxygen atoms in total. The maximum Gasteiger partial charge on any atom is 0.176 e. The third-order valence-corrected chi connectivity index (χ3v) is 5.33. The zero-order valence-electron chi connectivity index (χ0n) is 14.2. The smallest absolute Gasteiger partial charge is 0.176 e. The predicted molar refractivity (Wildman–Crippen MR) is 104 cm³/mol. The summed E-state index contributed by atoms with van der Waals surface area (Å²) in [5.74, 6) is 0.706. The Morgan fingerprint density at radius 3 is 2.96 bits per heavy atom. The molecule has 0 aliphatic heterocycles. The van der Waals surface area contributed by atoms with Gasteiger partial charge in [0.15, 0.2) is 11.4 Å². The Labute approximate surface area is 153 Å². The summed E-state index contributed by atoms with van der Waals surface area (Å²) in [6.07, 6.45) is 9.27. The highest BCUT2D eigenvalue weighted by molar-refractivity contribution is 7.17. The molecule has 0 saturated heterocycles. The Bertz CT molecular complexity index is 1250. The van der Waals surface area contributed by atoms with Gasteiger partial charge in [-0.2, -0.15) is 5.10 Å². The maximum atomic E-state index is 5.60. The lowest BCUT2D eigenvalue weighted by atomic mass is 10.0. The lowest BCUT2D eigenvalue weighted by molar-refractivity contribution is 0.615. The van der Waals surface area contributed by atoms with Gasteiger partial charge in [-0.25, -0.2) is 4.98 Å². The number of aromatic nitrogens is 4. The molecule has 0 aliphatic rings. The highest BCUT2D eigenvalue weighted by atomic mass is 32.1. The average Bonchev–Trinajstić information content (AvgIpc) is 3.34. The Hall–Kier alpha value is -3.19. The molecule has 0 saturated carbocycles. The SMILES string of the molecule is Cc1nn(C)cc1-c1cncc2scc(Nc3nccc4ccoc34)c12. The summed E-state index contributed by atoms with van der Waals surface area (Å²) in [5, 5.41) is 12.1. The molecule has 1 N–H and O–H groups in total. The van der Waals surface area contributed by atoms with Crippen LogP contribution in [0.15, 0.2) is 53.0 Å². The molecule has 0 aliphatic carbocycles. The fourth-order valence-corrected chi connectivity index (χ4v) is 4.14. The molecule has 0 radical (unpaired) electrons. The van der Waals surface area contributed by atoms with Crippen LogP contribution >= 0.6 is 11.3 Å². The number of hydrogen-bond donors (Lipinski definition) is 1. The van der Waals surface area contributed by atoms with Gasteiger partial charge < -0.3 is 9.73 Å². The first kappa shape index (κ1) is 15.1. The van der Waals surface area contributed by atoms with Crippen molar-refractivity contribution in [1.29, 1.82) is 0 Å². The number of nitrogens with one attached hydrogen (secondary N) is 1. The number of anilines is 2. The summed E-state index contributed by atoms with van der Waals surface area (Å²) in [5.41, 5.74) is 4.85. The number of nitrogens with zero attached hydrogens (tertiary/aromatic N) is 4. The van der Waals surface area contributed by atoms with Crippen LogP contribution in [0.1, 0.15) is 5.69 Å². The van der Waals surface area contributed by atoms with E-state index in [0.29, 0.717) is 5.82 Å². The third kappa shape index (κ3) is 2.28. The van der Waals surface area contributed by atoms with Crippen molar-refractivity contribution >= 4 is 43.9 Å². The number of hydrogen-bond acceptors (Lipinski definition) is 6. The Balaban J connectivity index is 1.70. The molecule has 0 fully saturated rings. The van der Waals surface area contributed by atoms with E-state index in [9.17, 15) is 0 Å². The molecule has 5 aromatic heterocycles. The largest absolute Gasteiger partial charge is 0.460 e. The molecule has 7 heteroatoms. The van der Waals surface area contributed by atoms with Crippen molar-refractivity contribution in [1.82, 2.24) is 19.7 Å². The fraction of sp³-hybridized carbons (Fsp3) is 0.105. The standard InChI is InChI=1S/C19H15N5OS/c1-11-14(9-24(2)23-11)13-7-20-8-16-17(13)15(10-26-16)22-19-18-12(3-5-21-19)4-6-25-18/h3-10H,1-2H3,(H,21,22). The first-order valence-electron chi connectivity index (χ1n) is 8.16. The van der Waals surface area contributed by atoms with Crippen LogP contribution in [0.3, 0.4) is 0 Å². The van der Waals surface area contributed by atoms with Gasteiger partial charge in [-0.1, -0.05) is 0 Å². The molecule has 0 bridgehead atoms. The van der Waals surface area contributed by atoms with Crippen LogP contribution in [0.5, 0.6) is 0 Å². The van der Waals surface area contributed by atoms with Crippen molar-refractivity contribution in [2.75, 3.05) is 5.32 Å². The van der Waals surface area contributed by atoms with E-state index < -0.39 is 0 Å². The topological polar surface area (TPSA) is 68.8 Å². The molecule has 0 amide bonds. The monoisotopic (exact) mass is 361 g/mol. The maximum absolute atomic E-state index is 5.60. The summed E-state index contributed by atoms with van der Waals surface area (Å²) < 4.78 is 8.54. The zero-order valence-corrected chi connectivity index (χ0v) is 15.0. The molecule has 5 heterocycles. The van der Waals surface area contributed by atoms with Crippen LogP contribution in [0.25, 0.3) is 32.2 Å². The van der Waals surface area contributed by atoms with Crippen molar-refractivity contribution in [2.45, 2.75) is 6.92 Å². The number of pyridine rings is 2. The van der Waals surface area contributed by atoms with Crippen molar-refractivity contribution in [3.05, 3.63) is 54.3 Å². The molecule has 5 rings (SSSR count). The molecule has 26 heavy (non-hydrogen) atoms. The zero-order chi connectivity index (χ0) is 17.7. The fourth-order valence-electron chi connectivity index (χ4n) is 3.26. The highest BCUT2D eigenvalue weighted by Gasteiger charge is 2.16. The summed E-state index contributed by atoms with van der Waals surface area (Å²) in [6, 6.07) is 3.87. The Morgan fingerprint density at radius 2 is 2.12 bits per heavy atom. The summed E-state index contributed by atoms with van der Waals surface area (Å²) in [4.78, 5) is 8.87. The van der Waals surface area contributed by atoms with Crippen LogP contribution in [0.2, 0.25) is 0 Å². The first-order chi connectivity index (χ1) is 12.7. The van der Waals surface area contributed by atoms with Crippen molar-refractivity contribution in [3.63, 3.8) is 0 Å². The quantitative estimate of drug-likeness (QED) is 0.495. The second-order valence-corrected chi connectivity index (χ2v) is 7.05. The van der Waals surface area contributed by atoms with Gasteiger partial charge in [-0.05, 0) is 19.1 Å². The normalized spacial score (nSPS) is 11.5. The van der Waals surface area contributed by atoms with Crippen LogP contribution in [0.4, 0.5) is 11.5 Å². The highest BCUT2D eigenvalue weighted by Crippen LogP contribution is 2.40. The van der Waals surface area contributed by atoms with E-state index in [2.05, 4.69) is 25.8 Å². The average molecular weight is 361 g/mol. The lowest BCUT2D eigenvalue weighted by Crippen LogP contribution is -1.94. The van der Waals surface area contributed by atoms with E-state index in [-0.39, 0.29) is 0 Å². The minimum atomic E-state index is 0.706. The van der Waals surface area contributed by atoms with Gasteiger partial charge in [0.05, 0.1) is 22.3 Å². The van der Waals surface area contributed by atoms with E-state index in [1.807, 2.05) is 49.4 Å². The van der Waals surface area contributed by atoms with E-state index in [1.165, 1.54) is 0 Å². The summed E-state index contributed by atoms with van der Waals surface area (Å²) in [7, 11) is 1.93. The number of fused-ring (bicyclic) bond motifs is 2. The summed E-state index contributed by atoms with van der Waals surface area (Å²) >= 11 is 1.65. The summed E-state index contributed by atoms with van der Waals surface area (Å²) in [6.45, 7) is 2.01. The van der Waals surface area contributed by atoms with Gasteiger partial charge in [0.25, 0.3) is 0 Å². The number of rotatable bonds is 3. The van der Waals surface area contributed by atoms with Crippen LogP contribution in [0, 0.1) is 6.92 Å². The van der Waals surface area contributed by atoms with Crippen LogP contribution in [-0.2, 0) is 7.05 Å². The van der Waals surface area contributed by atoms with E-state index in [4.69, 9.17) is 4.42 Å². The third-order valence-electron chi connectivity index (χ3n) is 4.41. The molecule has 0 spiro atoms. The van der Waals surface area contributed by atoms with Gasteiger partial charge in [0.2, 0.25) is 0 Å². The number of thiophene rings is 1. The van der Waals surface area contributed by atoms with Crippen molar-refractivity contribution in [3.8, 4) is 11.1 Å². The van der Waals surface area contributed by atoms with Crippen LogP contribution in [-0.4, -0.2) is 19.7 Å². The molecule has 128 valence electrons. The molecule has 0 atom stereocenters. The second kappa shape index (κ2) is 5.67. The minimum Gasteiger partial charge on any atom is -0.460 e. The Morgan fingerprint density at radius 1 is 1.19 bits per heavy atom. The van der Waals surface area contributed by atoms with Gasteiger partial charge in [-0.15, -0.1) is 11.3 Å². The second-order valence-electron chi connectivity index (χ2n) is 6.13. The molecule has 5 aromatic rings. The van der Waals surface area contributed by atoms with Crippen LogP contribution < -0.4 is 5.32 Å². The van der Waals surface area contributed by atoms with Gasteiger partial charge in [0.1, 0.15) is 0 Å². The number of aryl methyl sites for hydroxylation is 2. The van der Waals surface area contributed by atoms with Gasteiger partial charge in [0, 0.05) is 59.1 Å². The van der Waals surface area contributed by atoms with E-state index in [1.54, 1.807) is 23.8 Å². The van der Waals surface area contributed by atoms with Gasteiger partial charge >= 0.3 is 0 Å². The first-order valence-corrected chi connectivity index (χ1v) is 9.04. The van der Waals surface area contributed by atoms with Gasteiger partial charge in [-0.3, -0.25) is 9.67 Å². The molecule has 0 aromatic carbocycles. The van der Waals surface area contributed by atoms with E-state index >= 15 is 0 Å². The van der Waals surface area contributed by atoms with E-state index in [0.717, 1.165) is 43.6 Å². The van der Waals surface area contributed by atoms with Crippen molar-refractivity contribution < 1.29 is 4.42 Å². The predicted octanol–water partition coefficient (Wildman–Crippen LogP) is 4.89. The lowest BCUT2D eigenvalue weighted by Gasteiger charge is -2.08. The molecule has 0 unspecified atom stereocenters. The minimum absolute atomic E-state index is 0.706. The Kier molecular flexibility index (Phi) is 3.29. The number of furan rings is 1.